The number of thiazole rings is 1. The molecule has 0 aliphatic heterocycles. The van der Waals surface area contributed by atoms with Gasteiger partial charge < -0.3 is 30.5 Å². The van der Waals surface area contributed by atoms with Gasteiger partial charge in [-0.3, -0.25) is 4.79 Å². The molecule has 4 rings (SSSR count). The van der Waals surface area contributed by atoms with E-state index in [0.29, 0.717) is 17.9 Å². The van der Waals surface area contributed by atoms with Crippen molar-refractivity contribution in [3.63, 3.8) is 0 Å². The number of hydrogen-bond donors (Lipinski definition) is 4. The molecule has 0 radical (unpaired) electrons. The van der Waals surface area contributed by atoms with Crippen LogP contribution < -0.4 is 10.6 Å². The van der Waals surface area contributed by atoms with Crippen molar-refractivity contribution in [1.29, 1.82) is 0 Å². The summed E-state index contributed by atoms with van der Waals surface area (Å²) in [6.45, 7) is 1.65. The summed E-state index contributed by atoms with van der Waals surface area (Å²) < 4.78 is 34.2. The summed E-state index contributed by atoms with van der Waals surface area (Å²) in [6, 6.07) is 12.0. The minimum Gasteiger partial charge on any atom is -0.391 e. The molecule has 3 amide bonds. The Hall–Kier alpha value is -3.80. The third kappa shape index (κ3) is 10.8. The third-order valence-electron chi connectivity index (χ3n) is 8.63. The van der Waals surface area contributed by atoms with Crippen LogP contribution in [0.2, 0.25) is 0 Å². The monoisotopic (exact) mass is 730 g/mol. The molecule has 50 heavy (non-hydrogen) atoms. The van der Waals surface area contributed by atoms with E-state index in [2.05, 4.69) is 20.8 Å². The smallest absolute Gasteiger partial charge is 0.318 e. The maximum absolute atomic E-state index is 13.9. The predicted molar refractivity (Wildman–Crippen MR) is 188 cm³/mol. The van der Waals surface area contributed by atoms with Crippen molar-refractivity contribution in [3.8, 4) is 0 Å². The Labute approximate surface area is 296 Å². The van der Waals surface area contributed by atoms with E-state index in [1.165, 1.54) is 58.8 Å². The van der Waals surface area contributed by atoms with Gasteiger partial charge in [0.2, 0.25) is 15.9 Å². The van der Waals surface area contributed by atoms with Crippen LogP contribution in [-0.2, 0) is 45.7 Å². The molecule has 4 N–H and O–H groups in total. The first-order chi connectivity index (χ1) is 23.9. The predicted octanol–water partition coefficient (Wildman–Crippen LogP) is 3.03. The topological polar surface area (TPSA) is 191 Å². The standard InChI is InChI=1S/C34H46N6O8S2/c1-23(41)32(38-34(44)39(2)19-27-22-49-31(36-27)21-48-3)33(43)37-29(16-24-8-5-4-6-9-24)30(42)20-40(18-26-10-7-11-26)50(46,47)28-14-12-25(13-15-28)17-35-45/h4-6,8-9,12-15,22-23,26,29-30,32,41-42H,7,10-11,16-21H2,1-3H3,(H,37,43)(H,38,44)/t23-,29+,30-,32+/m1/s1. The Morgan fingerprint density at radius 1 is 1.08 bits per heavy atom. The molecule has 1 fully saturated rings. The van der Waals surface area contributed by atoms with Gasteiger partial charge in [0.05, 0.1) is 42.0 Å². The van der Waals surface area contributed by atoms with Gasteiger partial charge in [0.25, 0.3) is 0 Å². The van der Waals surface area contributed by atoms with Crippen LogP contribution in [0, 0.1) is 10.8 Å². The zero-order chi connectivity index (χ0) is 36.3. The number of nitroso groups, excluding NO2 is 1. The fourth-order valence-corrected chi connectivity index (χ4v) is 7.85. The average molecular weight is 731 g/mol. The lowest BCUT2D eigenvalue weighted by molar-refractivity contribution is -0.127. The van der Waals surface area contributed by atoms with Crippen LogP contribution >= 0.6 is 11.3 Å². The number of sulfonamides is 1. The summed E-state index contributed by atoms with van der Waals surface area (Å²) in [7, 11) is -0.979. The van der Waals surface area contributed by atoms with Crippen LogP contribution in [0.4, 0.5) is 4.79 Å². The van der Waals surface area contributed by atoms with Crippen molar-refractivity contribution in [2.45, 2.75) is 81.5 Å². The molecule has 4 atom stereocenters. The van der Waals surface area contributed by atoms with Gasteiger partial charge in [0.15, 0.2) is 0 Å². The van der Waals surface area contributed by atoms with Crippen molar-refractivity contribution in [2.75, 3.05) is 27.2 Å². The molecule has 1 aromatic heterocycles. The number of benzene rings is 2. The van der Waals surface area contributed by atoms with Crippen molar-refractivity contribution >= 4 is 33.3 Å². The summed E-state index contributed by atoms with van der Waals surface area (Å²) in [5.41, 5.74) is 1.98. The minimum absolute atomic E-state index is 0.0101. The van der Waals surface area contributed by atoms with E-state index in [4.69, 9.17) is 4.74 Å². The molecule has 0 bridgehead atoms. The van der Waals surface area contributed by atoms with E-state index in [-0.39, 0.29) is 43.4 Å². The van der Waals surface area contributed by atoms with Gasteiger partial charge in [0, 0.05) is 32.6 Å². The Bertz CT molecular complexity index is 1650. The zero-order valence-electron chi connectivity index (χ0n) is 28.5. The number of urea groups is 1. The second kappa shape index (κ2) is 18.4. The van der Waals surface area contributed by atoms with E-state index in [1.807, 2.05) is 30.3 Å². The third-order valence-corrected chi connectivity index (χ3v) is 11.3. The van der Waals surface area contributed by atoms with Crippen LogP contribution in [0.1, 0.15) is 48.0 Å². The Morgan fingerprint density at radius 2 is 1.78 bits per heavy atom. The molecule has 1 heterocycles. The molecule has 272 valence electrons. The fourth-order valence-electron chi connectivity index (χ4n) is 5.56. The number of nitrogens with zero attached hydrogens (tertiary/aromatic N) is 4. The summed E-state index contributed by atoms with van der Waals surface area (Å²) >= 11 is 1.40. The minimum atomic E-state index is -4.08. The summed E-state index contributed by atoms with van der Waals surface area (Å²) in [6.07, 6.45) is 0.177. The highest BCUT2D eigenvalue weighted by Gasteiger charge is 2.35. The Kier molecular flexibility index (Phi) is 14.4. The highest BCUT2D eigenvalue weighted by molar-refractivity contribution is 7.89. The van der Waals surface area contributed by atoms with E-state index < -0.39 is 46.3 Å². The highest BCUT2D eigenvalue weighted by atomic mass is 32.2. The number of carbonyl (C=O) groups excluding carboxylic acids is 2. The first-order valence-electron chi connectivity index (χ1n) is 16.4. The maximum atomic E-state index is 13.9. The maximum Gasteiger partial charge on any atom is 0.318 e. The van der Waals surface area contributed by atoms with Gasteiger partial charge in [-0.15, -0.1) is 11.3 Å². The fraction of sp³-hybridized carbons (Fsp3) is 0.500. The number of ether oxygens (including phenoxy) is 1. The number of carbonyl (C=O) groups is 2. The quantitative estimate of drug-likeness (QED) is 0.134. The SMILES string of the molecule is COCc1nc(CN(C)C(=O)N[C@H](C(=O)N[C@@H](Cc2ccccc2)[C@H](O)CN(CC2CCC2)S(=O)(=O)c2ccc(CN=O)cc2)[C@@H](C)O)cs1. The number of aliphatic hydroxyl groups is 2. The molecule has 0 unspecified atom stereocenters. The van der Waals surface area contributed by atoms with Crippen molar-refractivity contribution < 1.29 is 33.0 Å². The number of hydrogen-bond acceptors (Lipinski definition) is 11. The molecule has 3 aromatic rings. The highest BCUT2D eigenvalue weighted by Crippen LogP contribution is 2.30. The van der Waals surface area contributed by atoms with Crippen molar-refractivity contribution in [3.05, 3.63) is 86.7 Å². The summed E-state index contributed by atoms with van der Waals surface area (Å²) in [4.78, 5) is 43.3. The lowest BCUT2D eigenvalue weighted by atomic mass is 9.85. The lowest BCUT2D eigenvalue weighted by Gasteiger charge is -2.35. The molecule has 16 heteroatoms. The molecule has 14 nitrogen and oxygen atoms in total. The van der Waals surface area contributed by atoms with Gasteiger partial charge in [-0.1, -0.05) is 54.1 Å². The van der Waals surface area contributed by atoms with Crippen molar-refractivity contribution in [2.24, 2.45) is 11.1 Å². The van der Waals surface area contributed by atoms with Crippen LogP contribution in [0.15, 0.2) is 70.0 Å². The Balaban J connectivity index is 1.52. The van der Waals surface area contributed by atoms with Gasteiger partial charge in [-0.2, -0.15) is 9.21 Å². The largest absolute Gasteiger partial charge is 0.391 e. The summed E-state index contributed by atoms with van der Waals surface area (Å²) in [5, 5.41) is 33.0. The van der Waals surface area contributed by atoms with Gasteiger partial charge in [-0.05, 0) is 55.4 Å². The average Bonchev–Trinajstić information content (AvgIpc) is 3.51. The van der Waals surface area contributed by atoms with Gasteiger partial charge in [-0.25, -0.2) is 18.2 Å². The number of methoxy groups -OCH3 is 1. The lowest BCUT2D eigenvalue weighted by Crippen LogP contribution is -2.59. The van der Waals surface area contributed by atoms with Crippen LogP contribution in [0.3, 0.4) is 0 Å². The normalized spacial score (nSPS) is 15.8. The molecular formula is C34H46N6O8S2. The van der Waals surface area contributed by atoms with Gasteiger partial charge in [0.1, 0.15) is 17.6 Å². The van der Waals surface area contributed by atoms with Crippen LogP contribution in [-0.4, -0.2) is 96.3 Å². The first-order valence-corrected chi connectivity index (χ1v) is 18.8. The molecular weight excluding hydrogens is 685 g/mol. The van der Waals surface area contributed by atoms with Crippen LogP contribution in [0.25, 0.3) is 0 Å². The van der Waals surface area contributed by atoms with Gasteiger partial charge >= 0.3 is 6.03 Å². The molecule has 1 aliphatic carbocycles. The van der Waals surface area contributed by atoms with Crippen molar-refractivity contribution in [1.82, 2.24) is 24.8 Å². The zero-order valence-corrected chi connectivity index (χ0v) is 30.1. The summed E-state index contributed by atoms with van der Waals surface area (Å²) in [5.74, 6) is -0.620. The number of nitrogens with one attached hydrogen (secondary N) is 2. The number of aromatic nitrogens is 1. The number of amides is 3. The van der Waals surface area contributed by atoms with E-state index in [0.717, 1.165) is 29.8 Å². The van der Waals surface area contributed by atoms with Crippen LogP contribution in [0.5, 0.6) is 0 Å². The second-order valence-electron chi connectivity index (χ2n) is 12.6. The molecule has 0 saturated heterocycles. The molecule has 1 saturated carbocycles. The van der Waals surface area contributed by atoms with E-state index in [9.17, 15) is 33.1 Å². The molecule has 2 aromatic carbocycles. The molecule has 1 aliphatic rings. The number of rotatable bonds is 19. The first kappa shape index (κ1) is 39.0. The van der Waals surface area contributed by atoms with E-state index >= 15 is 0 Å². The van der Waals surface area contributed by atoms with E-state index in [1.54, 1.807) is 12.5 Å². The number of aliphatic hydroxyl groups excluding tert-OH is 2. The second-order valence-corrected chi connectivity index (χ2v) is 15.5. The molecule has 0 spiro atoms. The Morgan fingerprint density at radius 3 is 2.38 bits per heavy atom.